The predicted molar refractivity (Wildman–Crippen MR) is 93.9 cm³/mol. The molecule has 7 nitrogen and oxygen atoms in total. The van der Waals surface area contributed by atoms with Crippen LogP contribution < -0.4 is 5.32 Å². The molecule has 2 heterocycles. The highest BCUT2D eigenvalue weighted by Crippen LogP contribution is 2.20. The quantitative estimate of drug-likeness (QED) is 0.749. The fourth-order valence-electron chi connectivity index (χ4n) is 2.87. The van der Waals surface area contributed by atoms with E-state index in [9.17, 15) is 13.2 Å². The Labute approximate surface area is 143 Å². The average molecular weight is 354 g/mol. The summed E-state index contributed by atoms with van der Waals surface area (Å²) in [7, 11) is -3.04. The number of carbonyl (C=O) groups is 1. The Morgan fingerprint density at radius 1 is 1.38 bits per heavy atom. The number of amides is 1. The second-order valence-electron chi connectivity index (χ2n) is 6.15. The van der Waals surface area contributed by atoms with Gasteiger partial charge in [-0.3, -0.25) is 4.79 Å². The van der Waals surface area contributed by atoms with Crippen molar-refractivity contribution in [3.05, 3.63) is 17.5 Å². The molecular formula is C16H26N4O3S. The van der Waals surface area contributed by atoms with Gasteiger partial charge in [0.25, 0.3) is 5.91 Å². The number of unbranched alkanes of at least 4 members (excludes halogenated alkanes) is 1. The van der Waals surface area contributed by atoms with Crippen LogP contribution in [0.4, 0.5) is 5.95 Å². The van der Waals surface area contributed by atoms with Crippen molar-refractivity contribution in [2.75, 3.05) is 29.9 Å². The Morgan fingerprint density at radius 3 is 2.71 bits per heavy atom. The van der Waals surface area contributed by atoms with Crippen LogP contribution in [0.1, 0.15) is 49.3 Å². The van der Waals surface area contributed by atoms with Crippen molar-refractivity contribution in [1.29, 1.82) is 0 Å². The molecule has 0 bridgehead atoms. The van der Waals surface area contributed by atoms with Crippen LogP contribution in [-0.4, -0.2) is 59.8 Å². The van der Waals surface area contributed by atoms with Gasteiger partial charge in [-0.1, -0.05) is 13.3 Å². The normalized spacial score (nSPS) is 19.2. The zero-order valence-electron chi connectivity index (χ0n) is 14.6. The smallest absolute Gasteiger partial charge is 0.272 e. The molecule has 0 spiro atoms. The van der Waals surface area contributed by atoms with Crippen LogP contribution in [0.5, 0.6) is 0 Å². The Bertz CT molecular complexity index is 691. The second-order valence-corrected chi connectivity index (χ2v) is 8.38. The summed E-state index contributed by atoms with van der Waals surface area (Å²) in [4.78, 5) is 23.1. The van der Waals surface area contributed by atoms with Gasteiger partial charge in [-0.15, -0.1) is 0 Å². The molecule has 0 aromatic carbocycles. The highest BCUT2D eigenvalue weighted by atomic mass is 32.2. The number of sulfone groups is 1. The fourth-order valence-corrected chi connectivity index (χ4v) is 4.60. The Morgan fingerprint density at radius 2 is 2.12 bits per heavy atom. The van der Waals surface area contributed by atoms with E-state index in [0.717, 1.165) is 19.4 Å². The first-order valence-corrected chi connectivity index (χ1v) is 10.3. The summed E-state index contributed by atoms with van der Waals surface area (Å²) in [5, 5.41) is 3.13. The van der Waals surface area contributed by atoms with Crippen LogP contribution in [-0.2, 0) is 9.84 Å². The molecule has 2 rings (SSSR count). The van der Waals surface area contributed by atoms with Gasteiger partial charge in [-0.25, -0.2) is 18.4 Å². The lowest BCUT2D eigenvalue weighted by Crippen LogP contribution is -2.41. The van der Waals surface area contributed by atoms with E-state index in [-0.39, 0.29) is 23.5 Å². The minimum Gasteiger partial charge on any atom is -0.354 e. The molecule has 0 saturated carbocycles. The average Bonchev–Trinajstić information content (AvgIpc) is 2.87. The molecule has 0 radical (unpaired) electrons. The van der Waals surface area contributed by atoms with Crippen LogP contribution in [0.15, 0.2) is 6.07 Å². The minimum atomic E-state index is -3.04. The van der Waals surface area contributed by atoms with E-state index in [1.807, 2.05) is 13.8 Å². The molecule has 8 heteroatoms. The van der Waals surface area contributed by atoms with Gasteiger partial charge < -0.3 is 10.2 Å². The lowest BCUT2D eigenvalue weighted by molar-refractivity contribution is 0.0702. The van der Waals surface area contributed by atoms with Gasteiger partial charge in [-0.2, -0.15) is 0 Å². The summed E-state index contributed by atoms with van der Waals surface area (Å²) < 4.78 is 23.4. The van der Waals surface area contributed by atoms with Crippen LogP contribution in [0.3, 0.4) is 0 Å². The lowest BCUT2D eigenvalue weighted by atomic mass is 10.2. The van der Waals surface area contributed by atoms with Gasteiger partial charge in [0.05, 0.1) is 11.5 Å². The van der Waals surface area contributed by atoms with E-state index in [1.165, 1.54) is 0 Å². The van der Waals surface area contributed by atoms with Gasteiger partial charge in [0, 0.05) is 24.8 Å². The first-order valence-electron chi connectivity index (χ1n) is 8.47. The van der Waals surface area contributed by atoms with Gasteiger partial charge in [0.1, 0.15) is 5.69 Å². The third-order valence-electron chi connectivity index (χ3n) is 4.14. The first kappa shape index (κ1) is 18.6. The van der Waals surface area contributed by atoms with Crippen molar-refractivity contribution in [3.8, 4) is 0 Å². The van der Waals surface area contributed by atoms with E-state index in [2.05, 4.69) is 22.2 Å². The van der Waals surface area contributed by atoms with Gasteiger partial charge in [0.2, 0.25) is 5.95 Å². The monoisotopic (exact) mass is 354 g/mol. The number of nitrogens with zero attached hydrogens (tertiary/aromatic N) is 3. The highest BCUT2D eigenvalue weighted by Gasteiger charge is 2.34. The maximum Gasteiger partial charge on any atom is 0.272 e. The second kappa shape index (κ2) is 7.92. The van der Waals surface area contributed by atoms with Gasteiger partial charge >= 0.3 is 0 Å². The minimum absolute atomic E-state index is 0.0399. The topological polar surface area (TPSA) is 92.3 Å². The summed E-state index contributed by atoms with van der Waals surface area (Å²) in [5.41, 5.74) is 1.02. The molecule has 0 aliphatic carbocycles. The highest BCUT2D eigenvalue weighted by molar-refractivity contribution is 7.91. The predicted octanol–water partition coefficient (Wildman–Crippen LogP) is 1.65. The summed E-state index contributed by atoms with van der Waals surface area (Å²) >= 11 is 0. The zero-order chi connectivity index (χ0) is 17.7. The van der Waals surface area contributed by atoms with Crippen molar-refractivity contribution in [2.45, 2.75) is 46.1 Å². The molecule has 1 aromatic rings. The third-order valence-corrected chi connectivity index (χ3v) is 5.89. The SMILES string of the molecule is CCCCNc1nc(C)cc(C(=O)N(CC)C2CCS(=O)(=O)C2)n1. The molecule has 1 unspecified atom stereocenters. The maximum atomic E-state index is 12.8. The van der Waals surface area contributed by atoms with E-state index >= 15 is 0 Å². The molecule has 1 fully saturated rings. The van der Waals surface area contributed by atoms with E-state index in [0.29, 0.717) is 30.3 Å². The molecule has 1 atom stereocenters. The number of aromatic nitrogens is 2. The van der Waals surface area contributed by atoms with Crippen molar-refractivity contribution >= 4 is 21.7 Å². The fraction of sp³-hybridized carbons (Fsp3) is 0.688. The Balaban J connectivity index is 2.17. The van der Waals surface area contributed by atoms with Crippen molar-refractivity contribution in [3.63, 3.8) is 0 Å². The number of anilines is 1. The number of aryl methyl sites for hydroxylation is 1. The van der Waals surface area contributed by atoms with E-state index in [4.69, 9.17) is 0 Å². The van der Waals surface area contributed by atoms with Crippen molar-refractivity contribution in [1.82, 2.24) is 14.9 Å². The molecule has 1 N–H and O–H groups in total. The third kappa shape index (κ3) is 4.66. The summed E-state index contributed by atoms with van der Waals surface area (Å²) in [6.45, 7) is 6.99. The number of carbonyl (C=O) groups excluding carboxylic acids is 1. The zero-order valence-corrected chi connectivity index (χ0v) is 15.4. The van der Waals surface area contributed by atoms with Crippen LogP contribution in [0.2, 0.25) is 0 Å². The molecule has 1 amide bonds. The maximum absolute atomic E-state index is 12.8. The van der Waals surface area contributed by atoms with Crippen molar-refractivity contribution in [2.24, 2.45) is 0 Å². The molecule has 1 saturated heterocycles. The number of hydrogen-bond donors (Lipinski definition) is 1. The molecule has 1 aliphatic heterocycles. The van der Waals surface area contributed by atoms with Crippen LogP contribution >= 0.6 is 0 Å². The first-order chi connectivity index (χ1) is 11.4. The standard InChI is InChI=1S/C16H26N4O3S/c1-4-6-8-17-16-18-12(3)10-14(19-16)15(21)20(5-2)13-7-9-24(22,23)11-13/h10,13H,4-9,11H2,1-3H3,(H,17,18,19). The molecule has 1 aliphatic rings. The number of rotatable bonds is 7. The van der Waals surface area contributed by atoms with E-state index < -0.39 is 9.84 Å². The van der Waals surface area contributed by atoms with Gasteiger partial charge in [-0.05, 0) is 32.8 Å². The summed E-state index contributed by atoms with van der Waals surface area (Å²) in [6.07, 6.45) is 2.56. The van der Waals surface area contributed by atoms with Crippen LogP contribution in [0.25, 0.3) is 0 Å². The van der Waals surface area contributed by atoms with Gasteiger partial charge in [0.15, 0.2) is 9.84 Å². The molecule has 134 valence electrons. The largest absolute Gasteiger partial charge is 0.354 e. The summed E-state index contributed by atoms with van der Waals surface area (Å²) in [5.74, 6) is 0.400. The Kier molecular flexibility index (Phi) is 6.15. The summed E-state index contributed by atoms with van der Waals surface area (Å²) in [6, 6.07) is 1.39. The van der Waals surface area contributed by atoms with E-state index in [1.54, 1.807) is 11.0 Å². The number of hydrogen-bond acceptors (Lipinski definition) is 6. The Hall–Kier alpha value is -1.70. The lowest BCUT2D eigenvalue weighted by Gasteiger charge is -2.26. The number of nitrogens with one attached hydrogen (secondary N) is 1. The van der Waals surface area contributed by atoms with Crippen molar-refractivity contribution < 1.29 is 13.2 Å². The molecular weight excluding hydrogens is 328 g/mol. The van der Waals surface area contributed by atoms with Crippen LogP contribution in [0, 0.1) is 6.92 Å². The molecule has 1 aromatic heterocycles. The molecule has 24 heavy (non-hydrogen) atoms.